The highest BCUT2D eigenvalue weighted by atomic mass is 79.9. The predicted molar refractivity (Wildman–Crippen MR) is 95.3 cm³/mol. The van der Waals surface area contributed by atoms with Crippen LogP contribution in [0.15, 0.2) is 28.7 Å². The summed E-state index contributed by atoms with van der Waals surface area (Å²) >= 11 is 3.59. The second-order valence-corrected chi connectivity index (χ2v) is 13.3. The molecule has 1 aromatic heterocycles. The Labute approximate surface area is 136 Å². The minimum absolute atomic E-state index is 0.202. The summed E-state index contributed by atoms with van der Waals surface area (Å²) in [6.45, 7) is 11.6. The van der Waals surface area contributed by atoms with Crippen LogP contribution in [-0.2, 0) is 10.8 Å². The molecule has 0 amide bonds. The molecule has 3 rings (SSSR count). The average molecular weight is 366 g/mol. The number of halogens is 1. The molecule has 21 heavy (non-hydrogen) atoms. The fraction of sp³-hybridized carbons (Fsp3) is 0.529. The molecule has 114 valence electrons. The molecule has 1 aromatic carbocycles. The molecule has 1 aliphatic rings. The quantitative estimate of drug-likeness (QED) is 0.606. The van der Waals surface area contributed by atoms with Crippen LogP contribution < -0.4 is 0 Å². The largest absolute Gasteiger partial charge is 0.397 e. The third-order valence-corrected chi connectivity index (χ3v) is 10.0. The van der Waals surface area contributed by atoms with Crippen LogP contribution in [0, 0.1) is 0 Å². The smallest absolute Gasteiger partial charge is 0.194 e. The van der Waals surface area contributed by atoms with Gasteiger partial charge in [0, 0.05) is 15.6 Å². The standard InChI is InChI=1S/C17H24BrNOSi/c1-17(2,3)21(4,5)20-16-9-8-14-10-12-6-7-13(18)11-15(12)19(14)16/h6-7,10-11,16H,8-9H2,1-5H3. The first-order valence-electron chi connectivity index (χ1n) is 7.66. The number of benzene rings is 1. The Balaban J connectivity index is 2.00. The highest BCUT2D eigenvalue weighted by Gasteiger charge is 2.41. The van der Waals surface area contributed by atoms with Crippen LogP contribution in [0.5, 0.6) is 0 Å². The third kappa shape index (κ3) is 2.62. The van der Waals surface area contributed by atoms with Crippen molar-refractivity contribution in [3.63, 3.8) is 0 Å². The van der Waals surface area contributed by atoms with Crippen molar-refractivity contribution in [2.75, 3.05) is 0 Å². The average Bonchev–Trinajstić information content (AvgIpc) is 2.88. The van der Waals surface area contributed by atoms with E-state index >= 15 is 0 Å². The van der Waals surface area contributed by atoms with Gasteiger partial charge in [-0.05, 0) is 49.2 Å². The third-order valence-electron chi connectivity index (χ3n) is 5.06. The molecule has 0 aliphatic carbocycles. The summed E-state index contributed by atoms with van der Waals surface area (Å²) in [5.41, 5.74) is 2.70. The van der Waals surface area contributed by atoms with E-state index in [4.69, 9.17) is 4.43 Å². The minimum atomic E-state index is -1.75. The molecule has 0 N–H and O–H groups in total. The molecular formula is C17H24BrNOSi. The number of aromatic nitrogens is 1. The Morgan fingerprint density at radius 1 is 1.24 bits per heavy atom. The maximum atomic E-state index is 6.68. The number of rotatable bonds is 2. The zero-order chi connectivity index (χ0) is 15.4. The summed E-state index contributed by atoms with van der Waals surface area (Å²) in [4.78, 5) is 0. The van der Waals surface area contributed by atoms with Crippen molar-refractivity contribution >= 4 is 35.2 Å². The molecule has 2 nitrogen and oxygen atoms in total. The number of nitrogens with zero attached hydrogens (tertiary/aromatic N) is 1. The van der Waals surface area contributed by atoms with E-state index < -0.39 is 8.32 Å². The number of hydrogen-bond acceptors (Lipinski definition) is 1. The molecule has 1 atom stereocenters. The van der Waals surface area contributed by atoms with Gasteiger partial charge in [0.1, 0.15) is 6.23 Å². The second-order valence-electron chi connectivity index (χ2n) is 7.58. The lowest BCUT2D eigenvalue weighted by Gasteiger charge is -2.38. The highest BCUT2D eigenvalue weighted by molar-refractivity contribution is 9.10. The zero-order valence-electron chi connectivity index (χ0n) is 13.5. The topological polar surface area (TPSA) is 14.2 Å². The van der Waals surface area contributed by atoms with Gasteiger partial charge in [-0.15, -0.1) is 0 Å². The molecule has 0 bridgehead atoms. The molecule has 0 spiro atoms. The van der Waals surface area contributed by atoms with E-state index in [0.29, 0.717) is 0 Å². The van der Waals surface area contributed by atoms with Gasteiger partial charge in [0.15, 0.2) is 8.32 Å². The van der Waals surface area contributed by atoms with Crippen LogP contribution in [0.2, 0.25) is 18.1 Å². The van der Waals surface area contributed by atoms with Gasteiger partial charge in [0.25, 0.3) is 0 Å². The Bertz CT molecular complexity index is 684. The molecule has 2 heterocycles. The van der Waals surface area contributed by atoms with Crippen LogP contribution in [0.4, 0.5) is 0 Å². The Morgan fingerprint density at radius 2 is 1.95 bits per heavy atom. The fourth-order valence-electron chi connectivity index (χ4n) is 2.81. The maximum Gasteiger partial charge on any atom is 0.194 e. The molecule has 1 aliphatic heterocycles. The SMILES string of the molecule is CC(C)(C)[Si](C)(C)OC1CCc2cc3ccc(Br)cc3n21. The zero-order valence-corrected chi connectivity index (χ0v) is 16.1. The fourth-order valence-corrected chi connectivity index (χ4v) is 4.42. The van der Waals surface area contributed by atoms with E-state index in [0.717, 1.165) is 17.3 Å². The predicted octanol–water partition coefficient (Wildman–Crippen LogP) is 5.87. The van der Waals surface area contributed by atoms with E-state index in [1.165, 1.54) is 16.6 Å². The van der Waals surface area contributed by atoms with E-state index in [1.807, 2.05) is 0 Å². The van der Waals surface area contributed by atoms with E-state index in [-0.39, 0.29) is 11.3 Å². The maximum absolute atomic E-state index is 6.68. The summed E-state index contributed by atoms with van der Waals surface area (Å²) in [6, 6.07) is 8.83. The van der Waals surface area contributed by atoms with Crippen molar-refractivity contribution < 1.29 is 4.43 Å². The van der Waals surface area contributed by atoms with Gasteiger partial charge < -0.3 is 8.99 Å². The molecule has 0 saturated carbocycles. The van der Waals surface area contributed by atoms with Gasteiger partial charge >= 0.3 is 0 Å². The second kappa shape index (κ2) is 4.97. The van der Waals surface area contributed by atoms with Crippen molar-refractivity contribution in [2.24, 2.45) is 0 Å². The van der Waals surface area contributed by atoms with Crippen molar-refractivity contribution in [3.8, 4) is 0 Å². The minimum Gasteiger partial charge on any atom is -0.397 e. The molecule has 1 unspecified atom stereocenters. The summed E-state index contributed by atoms with van der Waals surface area (Å²) in [6.07, 6.45) is 2.42. The molecule has 4 heteroatoms. The lowest BCUT2D eigenvalue weighted by molar-refractivity contribution is 0.127. The lowest BCUT2D eigenvalue weighted by Crippen LogP contribution is -2.42. The molecule has 2 aromatic rings. The van der Waals surface area contributed by atoms with Crippen molar-refractivity contribution in [1.29, 1.82) is 0 Å². The summed E-state index contributed by atoms with van der Waals surface area (Å²) in [5.74, 6) is 0. The van der Waals surface area contributed by atoms with Gasteiger partial charge in [-0.3, -0.25) is 0 Å². The summed E-state index contributed by atoms with van der Waals surface area (Å²) < 4.78 is 10.2. The van der Waals surface area contributed by atoms with Crippen molar-refractivity contribution in [2.45, 2.75) is 58.0 Å². The number of fused-ring (bicyclic) bond motifs is 3. The highest BCUT2D eigenvalue weighted by Crippen LogP contribution is 2.43. The van der Waals surface area contributed by atoms with Crippen LogP contribution >= 0.6 is 15.9 Å². The van der Waals surface area contributed by atoms with Gasteiger partial charge in [-0.1, -0.05) is 42.8 Å². The van der Waals surface area contributed by atoms with Crippen LogP contribution in [-0.4, -0.2) is 12.9 Å². The number of aryl methyl sites for hydroxylation is 1. The first-order valence-corrected chi connectivity index (χ1v) is 11.4. The normalized spacial score (nSPS) is 19.2. The van der Waals surface area contributed by atoms with Gasteiger partial charge in [0.05, 0.1) is 5.52 Å². The Hall–Kier alpha value is -0.583. The van der Waals surface area contributed by atoms with Crippen molar-refractivity contribution in [1.82, 2.24) is 4.57 Å². The van der Waals surface area contributed by atoms with Crippen LogP contribution in [0.1, 0.15) is 39.1 Å². The molecular weight excluding hydrogens is 342 g/mol. The molecule has 0 fully saturated rings. The summed E-state index contributed by atoms with van der Waals surface area (Å²) in [7, 11) is -1.75. The lowest BCUT2D eigenvalue weighted by atomic mass is 10.2. The van der Waals surface area contributed by atoms with Gasteiger partial charge in [0.2, 0.25) is 0 Å². The van der Waals surface area contributed by atoms with E-state index in [9.17, 15) is 0 Å². The van der Waals surface area contributed by atoms with E-state index in [2.05, 4.69) is 78.6 Å². The Kier molecular flexibility index (Phi) is 3.62. The van der Waals surface area contributed by atoms with Crippen LogP contribution in [0.3, 0.4) is 0 Å². The van der Waals surface area contributed by atoms with Crippen molar-refractivity contribution in [3.05, 3.63) is 34.4 Å². The van der Waals surface area contributed by atoms with Gasteiger partial charge in [-0.2, -0.15) is 0 Å². The molecule has 0 saturated heterocycles. The van der Waals surface area contributed by atoms with Gasteiger partial charge in [-0.25, -0.2) is 0 Å². The summed E-state index contributed by atoms with van der Waals surface area (Å²) in [5, 5.41) is 1.57. The van der Waals surface area contributed by atoms with E-state index in [1.54, 1.807) is 0 Å². The monoisotopic (exact) mass is 365 g/mol. The first-order chi connectivity index (χ1) is 9.69. The van der Waals surface area contributed by atoms with Crippen LogP contribution in [0.25, 0.3) is 10.9 Å². The molecule has 0 radical (unpaired) electrons. The Morgan fingerprint density at radius 3 is 2.62 bits per heavy atom. The first kappa shape index (κ1) is 15.3. The number of hydrogen-bond donors (Lipinski definition) is 0.